The van der Waals surface area contributed by atoms with Gasteiger partial charge in [0, 0.05) is 24.9 Å². The van der Waals surface area contributed by atoms with E-state index in [1.807, 2.05) is 0 Å². The molecule has 0 unspecified atom stereocenters. The lowest BCUT2D eigenvalue weighted by Crippen LogP contribution is -2.37. The van der Waals surface area contributed by atoms with Crippen LogP contribution in [0.4, 0.5) is 0 Å². The van der Waals surface area contributed by atoms with E-state index < -0.39 is 10.1 Å². The van der Waals surface area contributed by atoms with Crippen molar-refractivity contribution in [2.24, 2.45) is 34.5 Å². The molecule has 160 valence electrons. The number of hydrogen-bond acceptors (Lipinski definition) is 6. The van der Waals surface area contributed by atoms with Crippen LogP contribution in [-0.4, -0.2) is 56.1 Å². The van der Waals surface area contributed by atoms with E-state index in [9.17, 15) is 13.2 Å². The maximum Gasteiger partial charge on any atom is 0.310 e. The Bertz CT molecular complexity index is 706. The van der Waals surface area contributed by atoms with Crippen LogP contribution in [-0.2, 0) is 19.6 Å². The number of carbonyl (C=O) groups excluding carboxylic acids is 1. The maximum atomic E-state index is 12.5. The second-order valence-corrected chi connectivity index (χ2v) is 11.2. The van der Waals surface area contributed by atoms with Crippen molar-refractivity contribution in [2.75, 3.05) is 26.0 Å². The van der Waals surface area contributed by atoms with Crippen molar-refractivity contribution in [3.63, 3.8) is 0 Å². The molecule has 5 rings (SSSR count). The number of esters is 1. The highest BCUT2D eigenvalue weighted by molar-refractivity contribution is 7.85. The minimum absolute atomic E-state index is 0.0116. The Labute approximate surface area is 167 Å². The van der Waals surface area contributed by atoms with E-state index in [0.717, 1.165) is 5.92 Å². The molecule has 3 N–H and O–H groups in total. The molecule has 28 heavy (non-hydrogen) atoms. The quantitative estimate of drug-likeness (QED) is 0.363. The van der Waals surface area contributed by atoms with Crippen molar-refractivity contribution in [3.8, 4) is 0 Å². The lowest BCUT2D eigenvalue weighted by atomic mass is 9.73. The van der Waals surface area contributed by atoms with Crippen LogP contribution in [0.5, 0.6) is 0 Å². The smallest absolute Gasteiger partial charge is 0.310 e. The highest BCUT2D eigenvalue weighted by atomic mass is 32.2. The number of carbonyl (C=O) groups is 1. The molecule has 5 fully saturated rings. The van der Waals surface area contributed by atoms with Gasteiger partial charge in [-0.25, -0.2) is 0 Å². The molecule has 0 bridgehead atoms. The molecular formula is C20H33NO6S. The van der Waals surface area contributed by atoms with Crippen LogP contribution in [0.25, 0.3) is 0 Å². The summed E-state index contributed by atoms with van der Waals surface area (Å²) in [6.07, 6.45) is 11.8. The molecule has 4 saturated carbocycles. The van der Waals surface area contributed by atoms with E-state index >= 15 is 0 Å². The Morgan fingerprint density at radius 2 is 1.71 bits per heavy atom. The molecule has 4 aliphatic carbocycles. The summed E-state index contributed by atoms with van der Waals surface area (Å²) in [7, 11) is -3.67. The molecule has 0 aromatic carbocycles. The predicted molar refractivity (Wildman–Crippen MR) is 103 cm³/mol. The van der Waals surface area contributed by atoms with Gasteiger partial charge in [-0.3, -0.25) is 9.35 Å². The van der Waals surface area contributed by atoms with Crippen LogP contribution in [0.1, 0.15) is 51.4 Å². The van der Waals surface area contributed by atoms with Gasteiger partial charge in [-0.15, -0.1) is 0 Å². The van der Waals surface area contributed by atoms with Crippen LogP contribution >= 0.6 is 0 Å². The van der Waals surface area contributed by atoms with E-state index in [1.54, 1.807) is 0 Å². The molecule has 1 heterocycles. The van der Waals surface area contributed by atoms with Gasteiger partial charge in [-0.05, 0) is 68.1 Å². The van der Waals surface area contributed by atoms with Gasteiger partial charge in [0.1, 0.15) is 6.10 Å². The van der Waals surface area contributed by atoms with Crippen molar-refractivity contribution < 1.29 is 27.6 Å². The van der Waals surface area contributed by atoms with Gasteiger partial charge in [-0.1, -0.05) is 0 Å². The summed E-state index contributed by atoms with van der Waals surface area (Å²) in [6.45, 7) is 1.38. The first-order valence-electron chi connectivity index (χ1n) is 10.6. The van der Waals surface area contributed by atoms with Crippen molar-refractivity contribution in [3.05, 3.63) is 0 Å². The van der Waals surface area contributed by atoms with Gasteiger partial charge < -0.3 is 15.2 Å². The van der Waals surface area contributed by atoms with Crippen LogP contribution in [0, 0.1) is 34.5 Å². The predicted octanol–water partition coefficient (Wildman–Crippen LogP) is 1.61. The zero-order chi connectivity index (χ0) is 20.2. The van der Waals surface area contributed by atoms with E-state index in [4.69, 9.17) is 14.4 Å². The first kappa shape index (κ1) is 20.6. The zero-order valence-electron chi connectivity index (χ0n) is 16.6. The fraction of sp³-hybridized carbons (Fsp3) is 0.950. The van der Waals surface area contributed by atoms with Crippen LogP contribution in [0.15, 0.2) is 0 Å². The minimum Gasteiger partial charge on any atom is -0.461 e. The third kappa shape index (κ3) is 3.85. The average molecular weight is 416 g/mol. The molecule has 8 heteroatoms. The third-order valence-electron chi connectivity index (χ3n) is 8.14. The molecule has 5 atom stereocenters. The van der Waals surface area contributed by atoms with E-state index in [2.05, 4.69) is 5.32 Å². The number of fused-ring (bicyclic) bond motifs is 5. The van der Waals surface area contributed by atoms with E-state index in [0.29, 0.717) is 42.0 Å². The number of rotatable bonds is 4. The minimum atomic E-state index is -3.67. The molecule has 7 nitrogen and oxygen atoms in total. The summed E-state index contributed by atoms with van der Waals surface area (Å²) in [6, 6.07) is 0. The SMILES string of the molecule is CS(=O)(=O)O.O=C1O[C@H]2[C@@H](CCC3(CC3)[C@@H]3CCC4(CC4)[C@H]23)[C@@H]1CNCCO. The fourth-order valence-electron chi connectivity index (χ4n) is 6.63. The standard InChI is InChI=1S/C19H29NO3.CH4O3S/c21-10-9-20-11-13-12-1-3-18(5-6-18)14-2-4-19(7-8-19)15(14)16(12)23-17(13)22;1-5(2,3)4/h12-16,20-21H,1-11H2;1H3,(H,2,3,4)/t12-,13-,14+,15-,16-;/m0./s1. The highest BCUT2D eigenvalue weighted by Gasteiger charge is 2.69. The van der Waals surface area contributed by atoms with Gasteiger partial charge in [0.25, 0.3) is 10.1 Å². The normalized spacial score (nSPS) is 38.8. The molecule has 0 amide bonds. The summed E-state index contributed by atoms with van der Waals surface area (Å²) in [5.41, 5.74) is 1.16. The Morgan fingerprint density at radius 3 is 2.29 bits per heavy atom. The number of aliphatic hydroxyl groups excluding tert-OH is 1. The number of ether oxygens (including phenoxy) is 1. The number of nitrogens with one attached hydrogen (secondary N) is 1. The lowest BCUT2D eigenvalue weighted by molar-refractivity contribution is -0.147. The first-order chi connectivity index (χ1) is 13.2. The molecule has 1 aliphatic heterocycles. The van der Waals surface area contributed by atoms with Gasteiger partial charge in [0.2, 0.25) is 0 Å². The maximum absolute atomic E-state index is 12.5. The van der Waals surface area contributed by atoms with Crippen LogP contribution < -0.4 is 5.32 Å². The Kier molecular flexibility index (Phi) is 5.30. The summed E-state index contributed by atoms with van der Waals surface area (Å²) in [5, 5.41) is 12.2. The van der Waals surface area contributed by atoms with Crippen molar-refractivity contribution in [2.45, 2.75) is 57.5 Å². The topological polar surface area (TPSA) is 113 Å². The summed E-state index contributed by atoms with van der Waals surface area (Å²) >= 11 is 0. The van der Waals surface area contributed by atoms with Crippen molar-refractivity contribution >= 4 is 16.1 Å². The lowest BCUT2D eigenvalue weighted by Gasteiger charge is -2.33. The Morgan fingerprint density at radius 1 is 1.11 bits per heavy atom. The molecule has 0 radical (unpaired) electrons. The average Bonchev–Trinajstić information content (AvgIpc) is 3.48. The fourth-order valence-corrected chi connectivity index (χ4v) is 6.63. The summed E-state index contributed by atoms with van der Waals surface area (Å²) in [5.74, 6) is 1.94. The van der Waals surface area contributed by atoms with Gasteiger partial charge in [-0.2, -0.15) is 8.42 Å². The Balaban J connectivity index is 0.000000346. The van der Waals surface area contributed by atoms with Gasteiger partial charge >= 0.3 is 5.97 Å². The molecule has 2 spiro atoms. The van der Waals surface area contributed by atoms with Crippen LogP contribution in [0.3, 0.4) is 0 Å². The summed E-state index contributed by atoms with van der Waals surface area (Å²) < 4.78 is 31.9. The number of aliphatic hydroxyl groups is 1. The van der Waals surface area contributed by atoms with Crippen molar-refractivity contribution in [1.82, 2.24) is 5.32 Å². The van der Waals surface area contributed by atoms with Crippen LogP contribution in [0.2, 0.25) is 0 Å². The largest absolute Gasteiger partial charge is 0.461 e. The summed E-state index contributed by atoms with van der Waals surface area (Å²) in [4.78, 5) is 12.5. The highest BCUT2D eigenvalue weighted by Crippen LogP contribution is 2.74. The molecule has 5 aliphatic rings. The zero-order valence-corrected chi connectivity index (χ0v) is 17.4. The van der Waals surface area contributed by atoms with Gasteiger partial charge in [0.05, 0.1) is 18.8 Å². The third-order valence-corrected chi connectivity index (χ3v) is 8.14. The monoisotopic (exact) mass is 415 g/mol. The second-order valence-electron chi connectivity index (χ2n) is 9.77. The molecule has 0 aromatic heterocycles. The van der Waals surface area contributed by atoms with E-state index in [1.165, 1.54) is 51.4 Å². The first-order valence-corrected chi connectivity index (χ1v) is 12.5. The Hall–Kier alpha value is -0.700. The van der Waals surface area contributed by atoms with Crippen molar-refractivity contribution in [1.29, 1.82) is 0 Å². The second kappa shape index (κ2) is 7.22. The molecular weight excluding hydrogens is 382 g/mol. The van der Waals surface area contributed by atoms with Gasteiger partial charge in [0.15, 0.2) is 0 Å². The molecule has 0 aromatic rings. The van der Waals surface area contributed by atoms with E-state index in [-0.39, 0.29) is 24.6 Å². The number of hydrogen-bond donors (Lipinski definition) is 3. The molecule has 1 saturated heterocycles.